The Morgan fingerprint density at radius 3 is 2.60 bits per heavy atom. The van der Waals surface area contributed by atoms with Gasteiger partial charge in [0.15, 0.2) is 0 Å². The molecule has 82 valence electrons. The van der Waals surface area contributed by atoms with Crippen LogP contribution in [-0.2, 0) is 0 Å². The van der Waals surface area contributed by atoms with E-state index in [1.165, 1.54) is 2.88 Å². The fourth-order valence-corrected chi connectivity index (χ4v) is 2.93. The number of piperazine rings is 1. The normalized spacial score (nSPS) is 18.1. The largest absolute Gasteiger partial charge is 0.336 e. The number of carbonyl (C=O) groups excluding carboxylic acids is 1. The minimum atomic E-state index is 0.183. The molecule has 1 fully saturated rings. The van der Waals surface area contributed by atoms with E-state index in [9.17, 15) is 4.79 Å². The molecule has 0 N–H and O–H groups in total. The SMILES string of the molecule is CN1CCN(C(=O)c2csc(I)c2)CC1. The fraction of sp³-hybridized carbons (Fsp3) is 0.500. The molecule has 15 heavy (non-hydrogen) atoms. The van der Waals surface area contributed by atoms with Crippen LogP contribution in [0.2, 0.25) is 0 Å². The van der Waals surface area contributed by atoms with Crippen LogP contribution in [0.15, 0.2) is 11.4 Å². The van der Waals surface area contributed by atoms with E-state index in [-0.39, 0.29) is 5.91 Å². The number of hydrogen-bond donors (Lipinski definition) is 0. The van der Waals surface area contributed by atoms with E-state index < -0.39 is 0 Å². The van der Waals surface area contributed by atoms with Crippen molar-refractivity contribution in [1.82, 2.24) is 9.80 Å². The Kier molecular flexibility index (Phi) is 3.63. The molecule has 0 atom stereocenters. The summed E-state index contributed by atoms with van der Waals surface area (Å²) >= 11 is 3.87. The molecule has 0 bridgehead atoms. The van der Waals surface area contributed by atoms with E-state index in [0.29, 0.717) is 0 Å². The zero-order valence-corrected chi connectivity index (χ0v) is 11.5. The van der Waals surface area contributed by atoms with Crippen LogP contribution in [0.3, 0.4) is 0 Å². The van der Waals surface area contributed by atoms with Gasteiger partial charge < -0.3 is 9.80 Å². The number of rotatable bonds is 1. The Labute approximate surface area is 107 Å². The van der Waals surface area contributed by atoms with E-state index in [2.05, 4.69) is 34.5 Å². The van der Waals surface area contributed by atoms with Crippen molar-refractivity contribution >= 4 is 39.8 Å². The second-order valence-electron chi connectivity index (χ2n) is 3.73. The average molecular weight is 336 g/mol. The highest BCUT2D eigenvalue weighted by atomic mass is 127. The highest BCUT2D eigenvalue weighted by molar-refractivity contribution is 14.1. The number of amides is 1. The highest BCUT2D eigenvalue weighted by Gasteiger charge is 2.20. The topological polar surface area (TPSA) is 23.6 Å². The van der Waals surface area contributed by atoms with Gasteiger partial charge in [-0.1, -0.05) is 0 Å². The van der Waals surface area contributed by atoms with Crippen molar-refractivity contribution < 1.29 is 4.79 Å². The molecule has 1 aromatic rings. The summed E-state index contributed by atoms with van der Waals surface area (Å²) in [7, 11) is 2.09. The maximum absolute atomic E-state index is 12.0. The van der Waals surface area contributed by atoms with Crippen LogP contribution in [0, 0.1) is 2.88 Å². The van der Waals surface area contributed by atoms with Gasteiger partial charge in [-0.15, -0.1) is 11.3 Å². The maximum Gasteiger partial charge on any atom is 0.254 e. The van der Waals surface area contributed by atoms with Crippen LogP contribution in [0.4, 0.5) is 0 Å². The average Bonchev–Trinajstić information content (AvgIpc) is 2.65. The second kappa shape index (κ2) is 4.80. The molecule has 1 aliphatic heterocycles. The molecule has 2 heterocycles. The van der Waals surface area contributed by atoms with Crippen molar-refractivity contribution in [2.45, 2.75) is 0 Å². The predicted molar refractivity (Wildman–Crippen MR) is 70.4 cm³/mol. The van der Waals surface area contributed by atoms with E-state index in [1.807, 2.05) is 16.3 Å². The molecule has 2 rings (SSSR count). The van der Waals surface area contributed by atoms with Crippen LogP contribution in [-0.4, -0.2) is 48.9 Å². The number of likely N-dealkylation sites (N-methyl/N-ethyl adjacent to an activating group) is 1. The van der Waals surface area contributed by atoms with Gasteiger partial charge in [-0.2, -0.15) is 0 Å². The first kappa shape index (κ1) is 11.3. The zero-order chi connectivity index (χ0) is 10.8. The van der Waals surface area contributed by atoms with Gasteiger partial charge in [-0.05, 0) is 35.7 Å². The number of halogens is 1. The predicted octanol–water partition coefficient (Wildman–Crippen LogP) is 1.74. The minimum Gasteiger partial charge on any atom is -0.336 e. The molecular weight excluding hydrogens is 323 g/mol. The monoisotopic (exact) mass is 336 g/mol. The quantitative estimate of drug-likeness (QED) is 0.730. The third kappa shape index (κ3) is 2.70. The summed E-state index contributed by atoms with van der Waals surface area (Å²) in [6.07, 6.45) is 0. The van der Waals surface area contributed by atoms with Crippen LogP contribution < -0.4 is 0 Å². The smallest absolute Gasteiger partial charge is 0.254 e. The summed E-state index contributed by atoms with van der Waals surface area (Å²) in [6.45, 7) is 3.66. The van der Waals surface area contributed by atoms with Crippen molar-refractivity contribution in [1.29, 1.82) is 0 Å². The Balaban J connectivity index is 2.02. The first-order valence-electron chi connectivity index (χ1n) is 4.88. The van der Waals surface area contributed by atoms with E-state index in [0.717, 1.165) is 31.7 Å². The van der Waals surface area contributed by atoms with Crippen molar-refractivity contribution in [3.63, 3.8) is 0 Å². The Morgan fingerprint density at radius 2 is 2.07 bits per heavy atom. The van der Waals surface area contributed by atoms with E-state index in [1.54, 1.807) is 11.3 Å². The molecule has 5 heteroatoms. The molecular formula is C10H13IN2OS. The number of thiophene rings is 1. The molecule has 0 spiro atoms. The van der Waals surface area contributed by atoms with Crippen molar-refractivity contribution in [2.24, 2.45) is 0 Å². The molecule has 0 aromatic carbocycles. The third-order valence-corrected chi connectivity index (χ3v) is 4.39. The lowest BCUT2D eigenvalue weighted by molar-refractivity contribution is 0.0664. The Morgan fingerprint density at radius 1 is 1.40 bits per heavy atom. The second-order valence-corrected chi connectivity index (χ2v) is 6.54. The van der Waals surface area contributed by atoms with Crippen LogP contribution in [0.1, 0.15) is 10.4 Å². The number of hydrogen-bond acceptors (Lipinski definition) is 3. The van der Waals surface area contributed by atoms with Gasteiger partial charge in [0.05, 0.1) is 8.45 Å². The number of carbonyl (C=O) groups is 1. The summed E-state index contributed by atoms with van der Waals surface area (Å²) in [5.74, 6) is 0.183. The lowest BCUT2D eigenvalue weighted by Crippen LogP contribution is -2.47. The maximum atomic E-state index is 12.0. The fourth-order valence-electron chi connectivity index (χ4n) is 1.61. The van der Waals surface area contributed by atoms with Gasteiger partial charge in [-0.3, -0.25) is 4.79 Å². The van der Waals surface area contributed by atoms with Gasteiger partial charge in [-0.25, -0.2) is 0 Å². The zero-order valence-electron chi connectivity index (χ0n) is 8.57. The van der Waals surface area contributed by atoms with Crippen LogP contribution in [0.25, 0.3) is 0 Å². The third-order valence-electron chi connectivity index (χ3n) is 2.60. The molecule has 1 aliphatic rings. The van der Waals surface area contributed by atoms with Gasteiger partial charge in [0.1, 0.15) is 0 Å². The Bertz CT molecular complexity index is 358. The molecule has 1 amide bonds. The van der Waals surface area contributed by atoms with Gasteiger partial charge in [0.2, 0.25) is 0 Å². The first-order chi connectivity index (χ1) is 7.16. The van der Waals surface area contributed by atoms with Crippen LogP contribution >= 0.6 is 33.9 Å². The van der Waals surface area contributed by atoms with Gasteiger partial charge >= 0.3 is 0 Å². The number of nitrogens with zero attached hydrogens (tertiary/aromatic N) is 2. The summed E-state index contributed by atoms with van der Waals surface area (Å²) in [6, 6.07) is 1.96. The lowest BCUT2D eigenvalue weighted by Gasteiger charge is -2.32. The summed E-state index contributed by atoms with van der Waals surface area (Å²) in [5.41, 5.74) is 0.842. The Hall–Kier alpha value is -0.140. The molecule has 3 nitrogen and oxygen atoms in total. The first-order valence-corrected chi connectivity index (χ1v) is 6.84. The van der Waals surface area contributed by atoms with Crippen LogP contribution in [0.5, 0.6) is 0 Å². The van der Waals surface area contributed by atoms with E-state index in [4.69, 9.17) is 0 Å². The van der Waals surface area contributed by atoms with Crippen molar-refractivity contribution in [3.8, 4) is 0 Å². The summed E-state index contributed by atoms with van der Waals surface area (Å²) in [5, 5.41) is 1.95. The van der Waals surface area contributed by atoms with E-state index >= 15 is 0 Å². The molecule has 1 aromatic heterocycles. The molecule has 0 saturated carbocycles. The van der Waals surface area contributed by atoms with Crippen molar-refractivity contribution in [3.05, 3.63) is 19.9 Å². The molecule has 0 aliphatic carbocycles. The minimum absolute atomic E-state index is 0.183. The van der Waals surface area contributed by atoms with Gasteiger partial charge in [0.25, 0.3) is 5.91 Å². The molecule has 1 saturated heterocycles. The van der Waals surface area contributed by atoms with Gasteiger partial charge in [0, 0.05) is 31.6 Å². The summed E-state index contributed by atoms with van der Waals surface area (Å²) < 4.78 is 1.17. The highest BCUT2D eigenvalue weighted by Crippen LogP contribution is 2.18. The molecule has 0 radical (unpaired) electrons. The molecule has 0 unspecified atom stereocenters. The summed E-state index contributed by atoms with van der Waals surface area (Å²) in [4.78, 5) is 16.2. The van der Waals surface area contributed by atoms with Crippen molar-refractivity contribution in [2.75, 3.05) is 33.2 Å². The standard InChI is InChI=1S/C10H13IN2OS/c1-12-2-4-13(5-3-12)10(14)8-6-9(11)15-7-8/h6-7H,2-5H2,1H3. The lowest BCUT2D eigenvalue weighted by atomic mass is 10.2.